The summed E-state index contributed by atoms with van der Waals surface area (Å²) in [6.45, 7) is 0.840. The number of ether oxygens (including phenoxy) is 1. The average molecular weight is 247 g/mol. The highest BCUT2D eigenvalue weighted by Gasteiger charge is 2.21. The van der Waals surface area contributed by atoms with E-state index in [1.54, 1.807) is 0 Å². The molecule has 0 saturated carbocycles. The maximum Gasteiger partial charge on any atom is 0.326 e. The van der Waals surface area contributed by atoms with Crippen molar-refractivity contribution in [3.8, 4) is 0 Å². The first-order chi connectivity index (χ1) is 7.97. The number of amides is 3. The van der Waals surface area contributed by atoms with E-state index in [-0.39, 0.29) is 0 Å². The number of urea groups is 1. The summed E-state index contributed by atoms with van der Waals surface area (Å²) >= 11 is 0. The number of primary amides is 1. The maximum atomic E-state index is 11.2. The van der Waals surface area contributed by atoms with Crippen molar-refractivity contribution in [2.45, 2.75) is 18.9 Å². The first-order valence-electron chi connectivity index (χ1n) is 5.01. The molecule has 0 aromatic rings. The van der Waals surface area contributed by atoms with Crippen LogP contribution in [-0.2, 0) is 14.3 Å². The molecule has 1 atom stereocenters. The maximum absolute atomic E-state index is 11.2. The van der Waals surface area contributed by atoms with Gasteiger partial charge in [0.25, 0.3) is 0 Å². The SMILES string of the molecule is COCCCNC(=O)N[C@@H](CC(N)=O)C(=O)O. The molecule has 0 saturated heterocycles. The number of rotatable bonds is 8. The van der Waals surface area contributed by atoms with Gasteiger partial charge in [0.1, 0.15) is 6.04 Å². The van der Waals surface area contributed by atoms with E-state index >= 15 is 0 Å². The highest BCUT2D eigenvalue weighted by Crippen LogP contribution is 1.91. The first-order valence-corrected chi connectivity index (χ1v) is 5.01. The van der Waals surface area contributed by atoms with E-state index < -0.39 is 30.4 Å². The van der Waals surface area contributed by atoms with Gasteiger partial charge in [0, 0.05) is 20.3 Å². The largest absolute Gasteiger partial charge is 0.480 e. The van der Waals surface area contributed by atoms with Crippen molar-refractivity contribution in [3.63, 3.8) is 0 Å². The normalized spacial score (nSPS) is 11.6. The second-order valence-electron chi connectivity index (χ2n) is 3.31. The Morgan fingerprint density at radius 2 is 2.06 bits per heavy atom. The number of carboxylic acid groups (broad SMARTS) is 1. The van der Waals surface area contributed by atoms with Crippen molar-refractivity contribution in [1.29, 1.82) is 0 Å². The van der Waals surface area contributed by atoms with Crippen molar-refractivity contribution in [2.24, 2.45) is 5.73 Å². The Morgan fingerprint density at radius 1 is 1.41 bits per heavy atom. The van der Waals surface area contributed by atoms with Gasteiger partial charge in [0.05, 0.1) is 6.42 Å². The lowest BCUT2D eigenvalue weighted by atomic mass is 10.2. The summed E-state index contributed by atoms with van der Waals surface area (Å²) in [5, 5.41) is 13.3. The summed E-state index contributed by atoms with van der Waals surface area (Å²) < 4.78 is 4.77. The molecule has 0 aromatic heterocycles. The van der Waals surface area contributed by atoms with E-state index in [4.69, 9.17) is 15.6 Å². The minimum atomic E-state index is -1.31. The number of nitrogens with two attached hydrogens (primary N) is 1. The van der Waals surface area contributed by atoms with Gasteiger partial charge in [0.15, 0.2) is 0 Å². The smallest absolute Gasteiger partial charge is 0.326 e. The van der Waals surface area contributed by atoms with Gasteiger partial charge in [-0.3, -0.25) is 4.79 Å². The molecule has 0 spiro atoms. The Hall–Kier alpha value is -1.83. The predicted molar refractivity (Wildman–Crippen MR) is 58.3 cm³/mol. The van der Waals surface area contributed by atoms with Crippen LogP contribution in [0.25, 0.3) is 0 Å². The van der Waals surface area contributed by atoms with E-state index in [0.29, 0.717) is 19.6 Å². The number of hydrogen-bond donors (Lipinski definition) is 4. The molecule has 0 radical (unpaired) electrons. The molecule has 0 aromatic carbocycles. The van der Waals surface area contributed by atoms with Gasteiger partial charge in [-0.25, -0.2) is 9.59 Å². The number of carboxylic acids is 1. The summed E-state index contributed by atoms with van der Waals surface area (Å²) in [5.41, 5.74) is 4.86. The summed E-state index contributed by atoms with van der Waals surface area (Å²) in [4.78, 5) is 32.5. The molecular formula is C9H17N3O5. The molecule has 0 bridgehead atoms. The van der Waals surface area contributed by atoms with E-state index in [0.717, 1.165) is 0 Å². The average Bonchev–Trinajstić information content (AvgIpc) is 2.22. The third-order valence-corrected chi connectivity index (χ3v) is 1.82. The zero-order valence-electron chi connectivity index (χ0n) is 9.56. The standard InChI is InChI=1S/C9H17N3O5/c1-17-4-2-3-11-9(16)12-6(8(14)15)5-7(10)13/h6H,2-5H2,1H3,(H2,10,13)(H,14,15)(H2,11,12,16)/t6-/m0/s1. The fraction of sp³-hybridized carbons (Fsp3) is 0.667. The van der Waals surface area contributed by atoms with Crippen LogP contribution in [-0.4, -0.2) is 49.3 Å². The van der Waals surface area contributed by atoms with Crippen LogP contribution in [0, 0.1) is 0 Å². The molecule has 17 heavy (non-hydrogen) atoms. The van der Waals surface area contributed by atoms with E-state index in [1.807, 2.05) is 0 Å². The van der Waals surface area contributed by atoms with Gasteiger partial charge < -0.3 is 26.2 Å². The lowest BCUT2D eigenvalue weighted by Gasteiger charge is -2.13. The van der Waals surface area contributed by atoms with Crippen LogP contribution in [0.2, 0.25) is 0 Å². The Labute approximate surface area is 98.5 Å². The lowest BCUT2D eigenvalue weighted by molar-refractivity contribution is -0.140. The molecule has 0 aliphatic rings. The second-order valence-corrected chi connectivity index (χ2v) is 3.31. The molecular weight excluding hydrogens is 230 g/mol. The lowest BCUT2D eigenvalue weighted by Crippen LogP contribution is -2.47. The zero-order valence-corrected chi connectivity index (χ0v) is 9.56. The number of aliphatic carboxylic acids is 1. The van der Waals surface area contributed by atoms with Gasteiger partial charge in [-0.2, -0.15) is 0 Å². The van der Waals surface area contributed by atoms with Crippen molar-refractivity contribution < 1.29 is 24.2 Å². The van der Waals surface area contributed by atoms with Crippen LogP contribution in [0.15, 0.2) is 0 Å². The van der Waals surface area contributed by atoms with E-state index in [2.05, 4.69) is 10.6 Å². The van der Waals surface area contributed by atoms with Crippen LogP contribution < -0.4 is 16.4 Å². The summed E-state index contributed by atoms with van der Waals surface area (Å²) in [7, 11) is 1.54. The number of carbonyl (C=O) groups excluding carboxylic acids is 2. The summed E-state index contributed by atoms with van der Waals surface area (Å²) in [6, 6.07) is -1.97. The van der Waals surface area contributed by atoms with Crippen molar-refractivity contribution in [3.05, 3.63) is 0 Å². The van der Waals surface area contributed by atoms with Crippen molar-refractivity contribution >= 4 is 17.9 Å². The minimum absolute atomic E-state index is 0.350. The Balaban J connectivity index is 3.96. The highest BCUT2D eigenvalue weighted by atomic mass is 16.5. The highest BCUT2D eigenvalue weighted by molar-refractivity contribution is 5.87. The molecule has 3 amide bonds. The fourth-order valence-corrected chi connectivity index (χ4v) is 1.03. The quantitative estimate of drug-likeness (QED) is 0.394. The molecule has 0 heterocycles. The number of methoxy groups -OCH3 is 1. The molecule has 0 unspecified atom stereocenters. The van der Waals surface area contributed by atoms with Gasteiger partial charge in [-0.05, 0) is 6.42 Å². The summed E-state index contributed by atoms with van der Waals surface area (Å²) in [5.74, 6) is -2.10. The van der Waals surface area contributed by atoms with Crippen molar-refractivity contribution in [1.82, 2.24) is 10.6 Å². The molecule has 5 N–H and O–H groups in total. The number of nitrogens with one attached hydrogen (secondary N) is 2. The number of carbonyl (C=O) groups is 3. The third kappa shape index (κ3) is 8.03. The van der Waals surface area contributed by atoms with Gasteiger partial charge in [0.2, 0.25) is 5.91 Å². The Kier molecular flexibility index (Phi) is 7.44. The summed E-state index contributed by atoms with van der Waals surface area (Å²) in [6.07, 6.45) is 0.165. The zero-order chi connectivity index (χ0) is 13.3. The molecule has 0 aliphatic heterocycles. The molecule has 8 nitrogen and oxygen atoms in total. The molecule has 0 aliphatic carbocycles. The third-order valence-electron chi connectivity index (χ3n) is 1.82. The first kappa shape index (κ1) is 15.2. The Morgan fingerprint density at radius 3 is 2.53 bits per heavy atom. The van der Waals surface area contributed by atoms with Crippen LogP contribution >= 0.6 is 0 Å². The topological polar surface area (TPSA) is 131 Å². The fourth-order valence-electron chi connectivity index (χ4n) is 1.03. The monoisotopic (exact) mass is 247 g/mol. The second kappa shape index (κ2) is 8.34. The molecule has 98 valence electrons. The predicted octanol–water partition coefficient (Wildman–Crippen LogP) is -1.35. The molecule has 0 fully saturated rings. The Bertz CT molecular complexity index is 282. The van der Waals surface area contributed by atoms with Crippen LogP contribution in [0.5, 0.6) is 0 Å². The van der Waals surface area contributed by atoms with Gasteiger partial charge >= 0.3 is 12.0 Å². The minimum Gasteiger partial charge on any atom is -0.480 e. The molecule has 8 heteroatoms. The number of hydrogen-bond acceptors (Lipinski definition) is 4. The molecule has 0 rings (SSSR count). The van der Waals surface area contributed by atoms with Crippen LogP contribution in [0.3, 0.4) is 0 Å². The van der Waals surface area contributed by atoms with Gasteiger partial charge in [-0.15, -0.1) is 0 Å². The van der Waals surface area contributed by atoms with Gasteiger partial charge in [-0.1, -0.05) is 0 Å². The van der Waals surface area contributed by atoms with E-state index in [1.165, 1.54) is 7.11 Å². The van der Waals surface area contributed by atoms with Crippen LogP contribution in [0.1, 0.15) is 12.8 Å². The van der Waals surface area contributed by atoms with E-state index in [9.17, 15) is 14.4 Å². The van der Waals surface area contributed by atoms with Crippen molar-refractivity contribution in [2.75, 3.05) is 20.3 Å². The van der Waals surface area contributed by atoms with Crippen LogP contribution in [0.4, 0.5) is 4.79 Å².